The van der Waals surface area contributed by atoms with Crippen LogP contribution in [0.15, 0.2) is 0 Å². The van der Waals surface area contributed by atoms with Gasteiger partial charge in [-0.1, -0.05) is 18.3 Å². The lowest BCUT2D eigenvalue weighted by atomic mass is 9.87. The van der Waals surface area contributed by atoms with Crippen LogP contribution in [-0.2, 0) is 4.74 Å². The third-order valence-corrected chi connectivity index (χ3v) is 4.76. The summed E-state index contributed by atoms with van der Waals surface area (Å²) >= 11 is 1.23. The maximum Gasteiger partial charge on any atom is 0.358 e. The molecule has 0 unspecified atom stereocenters. The molecule has 6 heteroatoms. The van der Waals surface area contributed by atoms with Crippen molar-refractivity contribution in [3.8, 4) is 0 Å². The van der Waals surface area contributed by atoms with Gasteiger partial charge in [-0.3, -0.25) is 4.79 Å². The average Bonchev–Trinajstić information content (AvgIpc) is 2.84. The number of aromatic nitrogens is 1. The van der Waals surface area contributed by atoms with Gasteiger partial charge in [0.05, 0.1) is 7.11 Å². The SMILES string of the molecule is COC(=O)c1nc(NC2CCC(C)CC2)sc1C(C)=O. The lowest BCUT2D eigenvalue weighted by Crippen LogP contribution is -2.25. The molecular weight excluding hydrogens is 276 g/mol. The third kappa shape index (κ3) is 3.36. The number of methoxy groups -OCH3 is 1. The van der Waals surface area contributed by atoms with Crippen molar-refractivity contribution in [2.45, 2.75) is 45.6 Å². The molecule has 1 N–H and O–H groups in total. The van der Waals surface area contributed by atoms with E-state index < -0.39 is 5.97 Å². The van der Waals surface area contributed by atoms with Crippen LogP contribution in [0.5, 0.6) is 0 Å². The number of nitrogens with one attached hydrogen (secondary N) is 1. The Morgan fingerprint density at radius 2 is 1.95 bits per heavy atom. The zero-order valence-electron chi connectivity index (χ0n) is 12.1. The molecule has 1 aliphatic rings. The number of hydrogen-bond acceptors (Lipinski definition) is 6. The maximum atomic E-state index is 11.6. The van der Waals surface area contributed by atoms with E-state index in [2.05, 4.69) is 22.0 Å². The van der Waals surface area contributed by atoms with E-state index in [1.165, 1.54) is 38.2 Å². The quantitative estimate of drug-likeness (QED) is 0.683. The molecule has 1 aromatic rings. The summed E-state index contributed by atoms with van der Waals surface area (Å²) in [4.78, 5) is 27.8. The van der Waals surface area contributed by atoms with Crippen molar-refractivity contribution >= 4 is 28.2 Å². The van der Waals surface area contributed by atoms with Gasteiger partial charge >= 0.3 is 5.97 Å². The average molecular weight is 296 g/mol. The van der Waals surface area contributed by atoms with Crippen LogP contribution in [0.1, 0.15) is 59.7 Å². The Balaban J connectivity index is 2.12. The predicted molar refractivity (Wildman–Crippen MR) is 78.5 cm³/mol. The molecule has 20 heavy (non-hydrogen) atoms. The van der Waals surface area contributed by atoms with Gasteiger partial charge in [0.25, 0.3) is 0 Å². The monoisotopic (exact) mass is 296 g/mol. The van der Waals surface area contributed by atoms with Gasteiger partial charge in [-0.05, 0) is 31.6 Å². The van der Waals surface area contributed by atoms with Crippen LogP contribution in [0, 0.1) is 5.92 Å². The highest BCUT2D eigenvalue weighted by molar-refractivity contribution is 7.17. The summed E-state index contributed by atoms with van der Waals surface area (Å²) in [6.45, 7) is 3.70. The number of Topliss-reactive ketones (excluding diaryl/α,β-unsaturated/α-hetero) is 1. The van der Waals surface area contributed by atoms with E-state index in [1.807, 2.05) is 0 Å². The second kappa shape index (κ2) is 6.35. The zero-order chi connectivity index (χ0) is 14.7. The van der Waals surface area contributed by atoms with Gasteiger partial charge in [0.2, 0.25) is 0 Å². The highest BCUT2D eigenvalue weighted by Gasteiger charge is 2.24. The minimum atomic E-state index is -0.559. The van der Waals surface area contributed by atoms with E-state index in [9.17, 15) is 9.59 Å². The summed E-state index contributed by atoms with van der Waals surface area (Å²) < 4.78 is 4.67. The van der Waals surface area contributed by atoms with Crippen molar-refractivity contribution in [2.75, 3.05) is 12.4 Å². The fourth-order valence-corrected chi connectivity index (χ4v) is 3.36. The summed E-state index contributed by atoms with van der Waals surface area (Å²) in [5, 5.41) is 3.98. The van der Waals surface area contributed by atoms with Crippen LogP contribution < -0.4 is 5.32 Å². The number of anilines is 1. The van der Waals surface area contributed by atoms with Gasteiger partial charge in [0.15, 0.2) is 16.6 Å². The Kier molecular flexibility index (Phi) is 4.75. The molecule has 0 aliphatic heterocycles. The first-order valence-corrected chi connectivity index (χ1v) is 7.69. The van der Waals surface area contributed by atoms with Crippen molar-refractivity contribution in [2.24, 2.45) is 5.92 Å². The zero-order valence-corrected chi connectivity index (χ0v) is 12.9. The summed E-state index contributed by atoms with van der Waals surface area (Å²) in [6, 6.07) is 0.377. The molecule has 0 bridgehead atoms. The standard InChI is InChI=1S/C14H20N2O3S/c1-8-4-6-10(7-5-8)15-14-16-11(13(18)19-3)12(20-14)9(2)17/h8,10H,4-7H2,1-3H3,(H,15,16). The van der Waals surface area contributed by atoms with Crippen molar-refractivity contribution in [3.63, 3.8) is 0 Å². The number of rotatable bonds is 4. The van der Waals surface area contributed by atoms with Crippen LogP contribution in [0.25, 0.3) is 0 Å². The molecule has 0 saturated heterocycles. The number of carbonyl (C=O) groups is 2. The van der Waals surface area contributed by atoms with E-state index in [0.717, 1.165) is 18.8 Å². The molecule has 0 radical (unpaired) electrons. The van der Waals surface area contributed by atoms with E-state index in [0.29, 0.717) is 16.1 Å². The van der Waals surface area contributed by atoms with Gasteiger partial charge in [-0.2, -0.15) is 0 Å². The molecule has 5 nitrogen and oxygen atoms in total. The third-order valence-electron chi connectivity index (χ3n) is 3.67. The fourth-order valence-electron chi connectivity index (χ4n) is 2.43. The number of carbonyl (C=O) groups excluding carboxylic acids is 2. The van der Waals surface area contributed by atoms with Crippen molar-refractivity contribution in [1.82, 2.24) is 4.98 Å². The second-order valence-corrected chi connectivity index (χ2v) is 6.34. The van der Waals surface area contributed by atoms with Gasteiger partial charge < -0.3 is 10.1 Å². The molecule has 0 atom stereocenters. The molecule has 0 spiro atoms. The number of nitrogens with zero attached hydrogens (tertiary/aromatic N) is 1. The minimum Gasteiger partial charge on any atom is -0.464 e. The lowest BCUT2D eigenvalue weighted by molar-refractivity contribution is 0.0591. The van der Waals surface area contributed by atoms with E-state index in [1.54, 1.807) is 0 Å². The maximum absolute atomic E-state index is 11.6. The Hall–Kier alpha value is -1.43. The highest BCUT2D eigenvalue weighted by atomic mass is 32.1. The second-order valence-electron chi connectivity index (χ2n) is 5.35. The Bertz CT molecular complexity index is 505. The molecule has 1 aromatic heterocycles. The van der Waals surface area contributed by atoms with E-state index >= 15 is 0 Å². The van der Waals surface area contributed by atoms with E-state index in [4.69, 9.17) is 0 Å². The molecule has 2 rings (SSSR count). The largest absolute Gasteiger partial charge is 0.464 e. The van der Waals surface area contributed by atoms with Gasteiger partial charge in [0.1, 0.15) is 4.88 Å². The Labute approximate surface area is 122 Å². The van der Waals surface area contributed by atoms with Crippen molar-refractivity contribution in [3.05, 3.63) is 10.6 Å². The highest BCUT2D eigenvalue weighted by Crippen LogP contribution is 2.29. The number of hydrogen-bond donors (Lipinski definition) is 1. The normalized spacial score (nSPS) is 22.4. The summed E-state index contributed by atoms with van der Waals surface area (Å²) in [6.07, 6.45) is 4.60. The molecule has 1 heterocycles. The molecular formula is C14H20N2O3S. The smallest absolute Gasteiger partial charge is 0.358 e. The molecule has 1 fully saturated rings. The summed E-state index contributed by atoms with van der Waals surface area (Å²) in [5.41, 5.74) is 0.122. The van der Waals surface area contributed by atoms with E-state index in [-0.39, 0.29) is 11.5 Å². The molecule has 0 aromatic carbocycles. The van der Waals surface area contributed by atoms with Crippen LogP contribution in [0.4, 0.5) is 5.13 Å². The number of ether oxygens (including phenoxy) is 1. The molecule has 1 aliphatic carbocycles. The summed E-state index contributed by atoms with van der Waals surface area (Å²) in [7, 11) is 1.29. The van der Waals surface area contributed by atoms with Crippen molar-refractivity contribution in [1.29, 1.82) is 0 Å². The Morgan fingerprint density at radius 1 is 1.30 bits per heavy atom. The van der Waals surface area contributed by atoms with Gasteiger partial charge in [-0.15, -0.1) is 0 Å². The minimum absolute atomic E-state index is 0.122. The van der Waals surface area contributed by atoms with Crippen LogP contribution in [-0.4, -0.2) is 29.9 Å². The molecule has 0 amide bonds. The number of ketones is 1. The van der Waals surface area contributed by atoms with Gasteiger partial charge in [-0.25, -0.2) is 9.78 Å². The first-order valence-electron chi connectivity index (χ1n) is 6.88. The number of thiazole rings is 1. The van der Waals surface area contributed by atoms with Crippen LogP contribution >= 0.6 is 11.3 Å². The topological polar surface area (TPSA) is 68.3 Å². The summed E-state index contributed by atoms with van der Waals surface area (Å²) in [5.74, 6) is 0.0627. The van der Waals surface area contributed by atoms with Crippen LogP contribution in [0.3, 0.4) is 0 Å². The Morgan fingerprint density at radius 3 is 2.50 bits per heavy atom. The lowest BCUT2D eigenvalue weighted by Gasteiger charge is -2.26. The predicted octanol–water partition coefficient (Wildman–Crippen LogP) is 3.12. The molecule has 110 valence electrons. The van der Waals surface area contributed by atoms with Crippen LogP contribution in [0.2, 0.25) is 0 Å². The van der Waals surface area contributed by atoms with Gasteiger partial charge in [0, 0.05) is 13.0 Å². The van der Waals surface area contributed by atoms with Crippen molar-refractivity contribution < 1.29 is 14.3 Å². The first-order chi connectivity index (χ1) is 9.51. The number of esters is 1. The molecule has 1 saturated carbocycles. The fraction of sp³-hybridized carbons (Fsp3) is 0.643. The first kappa shape index (κ1) is 15.0.